The first-order chi connectivity index (χ1) is 16.8. The minimum atomic E-state index is -1.22. The van der Waals surface area contributed by atoms with Crippen LogP contribution in [-0.2, 0) is 35.2 Å². The number of pyridine rings is 1. The molecule has 35 heavy (non-hydrogen) atoms. The molecule has 0 radical (unpaired) electrons. The third kappa shape index (κ3) is 9.78. The van der Waals surface area contributed by atoms with Crippen molar-refractivity contribution in [2.24, 2.45) is 0 Å². The number of esters is 3. The fourth-order valence-electron chi connectivity index (χ4n) is 2.89. The van der Waals surface area contributed by atoms with Crippen LogP contribution in [0.5, 0.6) is 0 Å². The Balaban J connectivity index is 1.75. The van der Waals surface area contributed by atoms with Crippen molar-refractivity contribution in [1.29, 1.82) is 0 Å². The number of anilines is 1. The van der Waals surface area contributed by atoms with Gasteiger partial charge in [-0.3, -0.25) is 14.4 Å². The topological polar surface area (TPSA) is 147 Å². The van der Waals surface area contributed by atoms with Gasteiger partial charge in [0.1, 0.15) is 12.6 Å². The number of hydrogen-bond acceptors (Lipinski definition) is 9. The van der Waals surface area contributed by atoms with E-state index in [9.17, 15) is 23.6 Å². The number of nitrogen functional groups attached to an aromatic ring is 1. The van der Waals surface area contributed by atoms with E-state index in [1.165, 1.54) is 0 Å². The quantitative estimate of drug-likeness (QED) is 0.246. The van der Waals surface area contributed by atoms with Gasteiger partial charge in [0.25, 0.3) is 5.91 Å². The fourth-order valence-corrected chi connectivity index (χ4v) is 2.89. The molecule has 0 aliphatic heterocycles. The Hall–Kier alpha value is -4.02. The maximum Gasteiger partial charge on any atom is 0.328 e. The van der Waals surface area contributed by atoms with Crippen LogP contribution in [0.15, 0.2) is 42.6 Å². The number of carbonyl (C=O) groups excluding carboxylic acids is 4. The van der Waals surface area contributed by atoms with Crippen LogP contribution in [0.4, 0.5) is 10.1 Å². The largest absolute Gasteiger partial charge is 0.466 e. The molecule has 1 amide bonds. The molecule has 0 saturated heterocycles. The number of ether oxygens (including phenoxy) is 3. The molecule has 2 aromatic rings. The van der Waals surface area contributed by atoms with Crippen LogP contribution in [0.3, 0.4) is 0 Å². The van der Waals surface area contributed by atoms with Crippen LogP contribution in [-0.4, -0.2) is 48.1 Å². The number of nitrogens with two attached hydrogens (primary N) is 1. The molecule has 10 nitrogen and oxygen atoms in total. The number of benzene rings is 1. The van der Waals surface area contributed by atoms with Gasteiger partial charge in [-0.05, 0) is 25.3 Å². The summed E-state index contributed by atoms with van der Waals surface area (Å²) in [6, 6.07) is 8.92. The molecular weight excluding hydrogens is 461 g/mol. The highest BCUT2D eigenvalue weighted by Gasteiger charge is 2.26. The molecule has 2 rings (SSSR count). The number of aromatic nitrogens is 1. The van der Waals surface area contributed by atoms with E-state index in [0.29, 0.717) is 0 Å². The zero-order valence-electron chi connectivity index (χ0n) is 19.3. The Morgan fingerprint density at radius 3 is 2.46 bits per heavy atom. The van der Waals surface area contributed by atoms with Crippen molar-refractivity contribution in [3.05, 3.63) is 59.7 Å². The maximum absolute atomic E-state index is 14.0. The molecule has 1 aromatic heterocycles. The van der Waals surface area contributed by atoms with Gasteiger partial charge in [-0.1, -0.05) is 30.3 Å². The zero-order chi connectivity index (χ0) is 25.6. The Kier molecular flexibility index (Phi) is 11.1. The van der Waals surface area contributed by atoms with E-state index in [1.807, 2.05) is 30.3 Å². The number of rotatable bonds is 13. The van der Waals surface area contributed by atoms with Gasteiger partial charge in [0.2, 0.25) is 0 Å². The van der Waals surface area contributed by atoms with Crippen LogP contribution in [0.1, 0.15) is 48.7 Å². The Morgan fingerprint density at radius 2 is 1.77 bits per heavy atom. The molecular formula is C24H28FN3O7. The average Bonchev–Trinajstić information content (AvgIpc) is 2.83. The van der Waals surface area contributed by atoms with E-state index in [2.05, 4.69) is 10.3 Å². The predicted octanol–water partition coefficient (Wildman–Crippen LogP) is 2.31. The second kappa shape index (κ2) is 14.3. The molecule has 0 fully saturated rings. The first-order valence-electron chi connectivity index (χ1n) is 11.0. The third-order valence-electron chi connectivity index (χ3n) is 4.62. The van der Waals surface area contributed by atoms with Gasteiger partial charge >= 0.3 is 17.9 Å². The Bertz CT molecular complexity index is 1020. The van der Waals surface area contributed by atoms with E-state index >= 15 is 0 Å². The monoisotopic (exact) mass is 489 g/mol. The van der Waals surface area contributed by atoms with Gasteiger partial charge in [0.15, 0.2) is 11.5 Å². The summed E-state index contributed by atoms with van der Waals surface area (Å²) in [5, 5.41) is 2.32. The molecule has 0 aliphatic carbocycles. The first-order valence-corrected chi connectivity index (χ1v) is 11.0. The van der Waals surface area contributed by atoms with Crippen molar-refractivity contribution < 1.29 is 37.8 Å². The number of nitrogens with one attached hydrogen (secondary N) is 1. The number of amides is 1. The maximum atomic E-state index is 14.0. The Labute approximate surface area is 201 Å². The lowest BCUT2D eigenvalue weighted by atomic mass is 10.1. The smallest absolute Gasteiger partial charge is 0.328 e. The molecule has 0 bridgehead atoms. The minimum absolute atomic E-state index is 0.0176. The Morgan fingerprint density at radius 1 is 1.06 bits per heavy atom. The highest BCUT2D eigenvalue weighted by Crippen LogP contribution is 2.10. The SMILES string of the molecule is CCOC(=O)[C@H](CCC(=O)OCCCC(=O)OCc1ccccc1)NC(=O)c1ncc(N)cc1F. The molecule has 11 heteroatoms. The minimum Gasteiger partial charge on any atom is -0.466 e. The summed E-state index contributed by atoms with van der Waals surface area (Å²) in [6.07, 6.45) is 1.08. The number of nitrogens with zero attached hydrogens (tertiary/aromatic N) is 1. The molecule has 1 aromatic carbocycles. The van der Waals surface area contributed by atoms with Crippen molar-refractivity contribution in [2.75, 3.05) is 18.9 Å². The van der Waals surface area contributed by atoms with Gasteiger partial charge in [-0.15, -0.1) is 0 Å². The fraction of sp³-hybridized carbons (Fsp3) is 0.375. The van der Waals surface area contributed by atoms with Crippen molar-refractivity contribution in [3.8, 4) is 0 Å². The molecule has 1 atom stereocenters. The predicted molar refractivity (Wildman–Crippen MR) is 122 cm³/mol. The van der Waals surface area contributed by atoms with Crippen LogP contribution >= 0.6 is 0 Å². The average molecular weight is 490 g/mol. The summed E-state index contributed by atoms with van der Waals surface area (Å²) >= 11 is 0. The molecule has 3 N–H and O–H groups in total. The summed E-state index contributed by atoms with van der Waals surface area (Å²) in [7, 11) is 0. The van der Waals surface area contributed by atoms with Crippen molar-refractivity contribution in [1.82, 2.24) is 10.3 Å². The molecule has 0 saturated carbocycles. The van der Waals surface area contributed by atoms with Gasteiger partial charge in [-0.2, -0.15) is 0 Å². The van der Waals surface area contributed by atoms with Gasteiger partial charge in [-0.25, -0.2) is 14.2 Å². The summed E-state index contributed by atoms with van der Waals surface area (Å²) in [4.78, 5) is 52.0. The van der Waals surface area contributed by atoms with E-state index < -0.39 is 41.4 Å². The van der Waals surface area contributed by atoms with Gasteiger partial charge < -0.3 is 25.3 Å². The van der Waals surface area contributed by atoms with Gasteiger partial charge in [0.05, 0.1) is 25.1 Å². The standard InChI is InChI=1S/C24H28FN3O7/c1-2-33-24(32)19(28-23(31)22-18(25)13-17(26)14-27-22)10-11-21(30)34-12-6-9-20(29)35-15-16-7-4-3-5-8-16/h3-5,7-8,13-14,19H,2,6,9-12,15,26H2,1H3,(H,28,31)/t19-/m0/s1. The molecule has 188 valence electrons. The summed E-state index contributed by atoms with van der Waals surface area (Å²) in [5.41, 5.74) is 5.77. The van der Waals surface area contributed by atoms with Crippen LogP contribution in [0.25, 0.3) is 0 Å². The molecule has 1 heterocycles. The van der Waals surface area contributed by atoms with Crippen molar-refractivity contribution in [2.45, 2.75) is 45.3 Å². The number of halogens is 1. The zero-order valence-corrected chi connectivity index (χ0v) is 19.3. The van der Waals surface area contributed by atoms with E-state index in [0.717, 1.165) is 17.8 Å². The van der Waals surface area contributed by atoms with Crippen LogP contribution in [0, 0.1) is 5.82 Å². The molecule has 0 aliphatic rings. The van der Waals surface area contributed by atoms with E-state index in [1.54, 1.807) is 6.92 Å². The highest BCUT2D eigenvalue weighted by atomic mass is 19.1. The second-order valence-electron chi connectivity index (χ2n) is 7.39. The lowest BCUT2D eigenvalue weighted by Crippen LogP contribution is -2.42. The summed E-state index contributed by atoms with van der Waals surface area (Å²) in [5.74, 6) is -3.75. The van der Waals surface area contributed by atoms with Crippen LogP contribution < -0.4 is 11.1 Å². The normalized spacial score (nSPS) is 11.3. The van der Waals surface area contributed by atoms with E-state index in [4.69, 9.17) is 19.9 Å². The highest BCUT2D eigenvalue weighted by molar-refractivity contribution is 5.95. The lowest BCUT2D eigenvalue weighted by molar-refractivity contribution is -0.149. The van der Waals surface area contributed by atoms with Gasteiger partial charge in [0, 0.05) is 18.9 Å². The molecule has 0 unspecified atom stereocenters. The number of hydrogen-bond donors (Lipinski definition) is 2. The second-order valence-corrected chi connectivity index (χ2v) is 7.39. The summed E-state index contributed by atoms with van der Waals surface area (Å²) < 4.78 is 29.1. The molecule has 0 spiro atoms. The summed E-state index contributed by atoms with van der Waals surface area (Å²) in [6.45, 7) is 1.77. The first kappa shape index (κ1) is 27.2. The lowest BCUT2D eigenvalue weighted by Gasteiger charge is -2.17. The van der Waals surface area contributed by atoms with Crippen LogP contribution in [0.2, 0.25) is 0 Å². The third-order valence-corrected chi connectivity index (χ3v) is 4.62. The number of carbonyl (C=O) groups is 4. The van der Waals surface area contributed by atoms with Crippen molar-refractivity contribution in [3.63, 3.8) is 0 Å². The van der Waals surface area contributed by atoms with E-state index in [-0.39, 0.29) is 51.2 Å². The van der Waals surface area contributed by atoms with Crippen molar-refractivity contribution >= 4 is 29.5 Å².